The molecule has 0 amide bonds. The number of nitrogen functional groups attached to an aromatic ring is 1. The van der Waals surface area contributed by atoms with Gasteiger partial charge in [0.05, 0.1) is 6.54 Å². The molecular weight excluding hydrogens is 282 g/mol. The summed E-state index contributed by atoms with van der Waals surface area (Å²) in [6.45, 7) is 0.571. The van der Waals surface area contributed by atoms with E-state index < -0.39 is 11.6 Å². The highest BCUT2D eigenvalue weighted by atomic mass is 32.1. The number of hydrazine groups is 1. The van der Waals surface area contributed by atoms with Crippen LogP contribution in [0.15, 0.2) is 23.6 Å². The van der Waals surface area contributed by atoms with Crippen LogP contribution in [-0.4, -0.2) is 11.0 Å². The Hall–Kier alpha value is -1.73. The molecule has 7 heteroatoms. The Morgan fingerprint density at radius 1 is 1.40 bits per heavy atom. The molecule has 2 aromatic heterocycles. The maximum Gasteiger partial charge on any atom is 0.178 e. The average Bonchev–Trinajstić information content (AvgIpc) is 3.14. The summed E-state index contributed by atoms with van der Waals surface area (Å²) in [6, 6.07) is 5.02. The van der Waals surface area contributed by atoms with E-state index in [0.29, 0.717) is 6.54 Å². The highest BCUT2D eigenvalue weighted by Crippen LogP contribution is 2.35. The molecule has 20 heavy (non-hydrogen) atoms. The average molecular weight is 296 g/mol. The molecule has 4 nitrogen and oxygen atoms in total. The first kappa shape index (κ1) is 13.3. The van der Waals surface area contributed by atoms with Crippen molar-refractivity contribution in [3.05, 3.63) is 40.1 Å². The Morgan fingerprint density at radius 3 is 2.80 bits per heavy atom. The van der Waals surface area contributed by atoms with Crippen molar-refractivity contribution in [1.82, 2.24) is 4.98 Å². The van der Waals surface area contributed by atoms with E-state index in [1.807, 2.05) is 22.4 Å². The molecule has 2 aromatic rings. The summed E-state index contributed by atoms with van der Waals surface area (Å²) in [5.74, 6) is 3.76. The van der Waals surface area contributed by atoms with Crippen LogP contribution in [0.5, 0.6) is 0 Å². The smallest absolute Gasteiger partial charge is 0.178 e. The van der Waals surface area contributed by atoms with Crippen LogP contribution in [0.1, 0.15) is 17.7 Å². The molecule has 1 saturated carbocycles. The van der Waals surface area contributed by atoms with Crippen LogP contribution < -0.4 is 16.2 Å². The van der Waals surface area contributed by atoms with Crippen molar-refractivity contribution in [2.24, 2.45) is 5.84 Å². The minimum atomic E-state index is -0.791. The molecule has 0 atom stereocenters. The van der Waals surface area contributed by atoms with Gasteiger partial charge in [-0.1, -0.05) is 6.07 Å². The lowest BCUT2D eigenvalue weighted by Gasteiger charge is -2.24. The Morgan fingerprint density at radius 2 is 2.20 bits per heavy atom. The maximum absolute atomic E-state index is 14.0. The molecule has 0 spiro atoms. The lowest BCUT2D eigenvalue weighted by molar-refractivity contribution is 0.568. The normalized spacial score (nSPS) is 14.3. The molecule has 3 N–H and O–H groups in total. The molecule has 1 aliphatic rings. The topological polar surface area (TPSA) is 54.2 Å². The van der Waals surface area contributed by atoms with Crippen molar-refractivity contribution in [3.8, 4) is 0 Å². The van der Waals surface area contributed by atoms with Gasteiger partial charge < -0.3 is 10.3 Å². The fourth-order valence-corrected chi connectivity index (χ4v) is 2.80. The summed E-state index contributed by atoms with van der Waals surface area (Å²) in [5.41, 5.74) is 2.16. The Balaban J connectivity index is 1.94. The second-order valence-electron chi connectivity index (χ2n) is 4.71. The highest BCUT2D eigenvalue weighted by molar-refractivity contribution is 7.09. The van der Waals surface area contributed by atoms with Crippen LogP contribution in [0.4, 0.5) is 20.4 Å². The summed E-state index contributed by atoms with van der Waals surface area (Å²) in [4.78, 5) is 6.97. The molecular formula is C13H14F2N4S. The molecule has 0 unspecified atom stereocenters. The number of rotatable bonds is 5. The number of nitrogens with two attached hydrogens (primary N) is 1. The van der Waals surface area contributed by atoms with Gasteiger partial charge in [-0.25, -0.2) is 19.6 Å². The summed E-state index contributed by atoms with van der Waals surface area (Å²) >= 11 is 1.60. The molecule has 1 fully saturated rings. The lowest BCUT2D eigenvalue weighted by atomic mass is 10.3. The number of hydrogen-bond donors (Lipinski definition) is 2. The summed E-state index contributed by atoms with van der Waals surface area (Å²) in [7, 11) is 0. The Labute approximate surface area is 119 Å². The first-order valence-corrected chi connectivity index (χ1v) is 7.18. The van der Waals surface area contributed by atoms with Crippen LogP contribution >= 0.6 is 11.3 Å². The van der Waals surface area contributed by atoms with E-state index in [0.717, 1.165) is 23.8 Å². The third-order valence-electron chi connectivity index (χ3n) is 3.21. The number of anilines is 2. The number of thiophene rings is 1. The summed E-state index contributed by atoms with van der Waals surface area (Å²) < 4.78 is 27.5. The van der Waals surface area contributed by atoms with E-state index in [-0.39, 0.29) is 17.7 Å². The molecule has 0 radical (unpaired) electrons. The predicted molar refractivity (Wildman–Crippen MR) is 75.5 cm³/mol. The quantitative estimate of drug-likeness (QED) is 0.658. The van der Waals surface area contributed by atoms with E-state index >= 15 is 0 Å². The largest absolute Gasteiger partial charge is 0.346 e. The van der Waals surface area contributed by atoms with Crippen molar-refractivity contribution in [2.75, 3.05) is 10.3 Å². The van der Waals surface area contributed by atoms with Gasteiger partial charge in [-0.05, 0) is 24.3 Å². The summed E-state index contributed by atoms with van der Waals surface area (Å²) in [5, 5.41) is 1.97. The fourth-order valence-electron chi connectivity index (χ4n) is 2.09. The van der Waals surface area contributed by atoms with Crippen LogP contribution in [0.3, 0.4) is 0 Å². The van der Waals surface area contributed by atoms with E-state index in [1.165, 1.54) is 0 Å². The second kappa shape index (κ2) is 5.34. The van der Waals surface area contributed by atoms with Crippen LogP contribution in [0, 0.1) is 11.6 Å². The lowest BCUT2D eigenvalue weighted by Crippen LogP contribution is -2.27. The zero-order valence-corrected chi connectivity index (χ0v) is 11.5. The number of halogens is 2. The molecule has 1 aliphatic carbocycles. The number of pyridine rings is 1. The number of hydrogen-bond acceptors (Lipinski definition) is 5. The number of nitrogens with one attached hydrogen (secondary N) is 1. The SMILES string of the molecule is NNc1nc(N(Cc2cccs2)C2CC2)c(F)cc1F. The minimum Gasteiger partial charge on any atom is -0.346 e. The number of aromatic nitrogens is 1. The van der Waals surface area contributed by atoms with Crippen molar-refractivity contribution >= 4 is 23.0 Å². The van der Waals surface area contributed by atoms with E-state index in [4.69, 9.17) is 5.84 Å². The van der Waals surface area contributed by atoms with Gasteiger partial charge in [0.1, 0.15) is 0 Å². The summed E-state index contributed by atoms with van der Waals surface area (Å²) in [6.07, 6.45) is 1.99. The van der Waals surface area contributed by atoms with Gasteiger partial charge in [0.25, 0.3) is 0 Å². The van der Waals surface area contributed by atoms with E-state index in [1.54, 1.807) is 11.3 Å². The van der Waals surface area contributed by atoms with Crippen molar-refractivity contribution < 1.29 is 8.78 Å². The Bertz CT molecular complexity index is 599. The monoisotopic (exact) mass is 296 g/mol. The zero-order valence-electron chi connectivity index (χ0n) is 10.6. The van der Waals surface area contributed by atoms with Gasteiger partial charge in [-0.15, -0.1) is 11.3 Å². The van der Waals surface area contributed by atoms with Gasteiger partial charge in [-0.3, -0.25) is 0 Å². The molecule has 0 aliphatic heterocycles. The van der Waals surface area contributed by atoms with Crippen molar-refractivity contribution in [3.63, 3.8) is 0 Å². The van der Waals surface area contributed by atoms with Gasteiger partial charge in [0, 0.05) is 17.0 Å². The van der Waals surface area contributed by atoms with Crippen molar-refractivity contribution in [1.29, 1.82) is 0 Å². The van der Waals surface area contributed by atoms with Gasteiger partial charge in [-0.2, -0.15) is 0 Å². The van der Waals surface area contributed by atoms with E-state index in [2.05, 4.69) is 10.4 Å². The first-order valence-electron chi connectivity index (χ1n) is 6.30. The zero-order chi connectivity index (χ0) is 14.1. The highest BCUT2D eigenvalue weighted by Gasteiger charge is 2.32. The van der Waals surface area contributed by atoms with Gasteiger partial charge >= 0.3 is 0 Å². The number of nitrogens with zero attached hydrogens (tertiary/aromatic N) is 2. The standard InChI is InChI=1S/C13H14F2N4S/c14-10-6-11(15)13(17-12(10)18-16)19(8-3-4-8)7-9-2-1-5-20-9/h1-2,5-6,8H,3-4,7,16H2,(H,17,18). The van der Waals surface area contributed by atoms with Gasteiger partial charge in [0.2, 0.25) is 0 Å². The maximum atomic E-state index is 14.0. The van der Waals surface area contributed by atoms with Gasteiger partial charge in [0.15, 0.2) is 23.3 Å². The molecule has 106 valence electrons. The third kappa shape index (κ3) is 2.59. The minimum absolute atomic E-state index is 0.141. The second-order valence-corrected chi connectivity index (χ2v) is 5.74. The van der Waals surface area contributed by atoms with Crippen molar-refractivity contribution in [2.45, 2.75) is 25.4 Å². The fraction of sp³-hybridized carbons (Fsp3) is 0.308. The molecule has 0 bridgehead atoms. The van der Waals surface area contributed by atoms with E-state index in [9.17, 15) is 8.78 Å². The molecule has 2 heterocycles. The first-order chi connectivity index (χ1) is 9.69. The van der Waals surface area contributed by atoms with Crippen LogP contribution in [-0.2, 0) is 6.54 Å². The van der Waals surface area contributed by atoms with Crippen LogP contribution in [0.25, 0.3) is 0 Å². The third-order valence-corrected chi connectivity index (χ3v) is 4.07. The molecule has 0 saturated heterocycles. The molecule has 3 rings (SSSR count). The van der Waals surface area contributed by atoms with Crippen LogP contribution in [0.2, 0.25) is 0 Å². The Kier molecular flexibility index (Phi) is 3.54. The predicted octanol–water partition coefficient (Wildman–Crippen LogP) is 2.88. The molecule has 0 aromatic carbocycles.